The molecular formula is C13H19N3O3. The van der Waals surface area contributed by atoms with Crippen molar-refractivity contribution in [3.05, 3.63) is 29.6 Å². The Morgan fingerprint density at radius 3 is 2.68 bits per heavy atom. The zero-order chi connectivity index (χ0) is 14.4. The molecule has 0 saturated carbocycles. The third kappa shape index (κ3) is 4.57. The SMILES string of the molecule is C/C=C/CC(NC(=O)Cn1nc(C)cc1C)C(=O)O. The maximum Gasteiger partial charge on any atom is 0.326 e. The Hall–Kier alpha value is -2.11. The number of hydrogen-bond acceptors (Lipinski definition) is 3. The van der Waals surface area contributed by atoms with Gasteiger partial charge in [0.15, 0.2) is 0 Å². The van der Waals surface area contributed by atoms with Crippen LogP contribution >= 0.6 is 0 Å². The van der Waals surface area contributed by atoms with Gasteiger partial charge in [-0.2, -0.15) is 5.10 Å². The van der Waals surface area contributed by atoms with Gasteiger partial charge in [-0.1, -0.05) is 12.2 Å². The lowest BCUT2D eigenvalue weighted by molar-refractivity contribution is -0.141. The minimum Gasteiger partial charge on any atom is -0.480 e. The van der Waals surface area contributed by atoms with Crippen LogP contribution in [0, 0.1) is 13.8 Å². The number of aliphatic carboxylic acids is 1. The standard InChI is InChI=1S/C13H19N3O3/c1-4-5-6-11(13(18)19)14-12(17)8-16-10(3)7-9(2)15-16/h4-5,7,11H,6,8H2,1-3H3,(H,14,17)(H,18,19)/b5-4+. The molecule has 2 N–H and O–H groups in total. The second-order valence-corrected chi connectivity index (χ2v) is 4.35. The molecule has 19 heavy (non-hydrogen) atoms. The molecule has 0 aliphatic rings. The van der Waals surface area contributed by atoms with E-state index in [0.717, 1.165) is 11.4 Å². The highest BCUT2D eigenvalue weighted by atomic mass is 16.4. The molecule has 0 aliphatic carbocycles. The fourth-order valence-electron chi connectivity index (χ4n) is 1.70. The van der Waals surface area contributed by atoms with Crippen LogP contribution in [-0.2, 0) is 16.1 Å². The molecule has 0 aromatic carbocycles. The summed E-state index contributed by atoms with van der Waals surface area (Å²) in [4.78, 5) is 22.8. The van der Waals surface area contributed by atoms with Crippen molar-refractivity contribution < 1.29 is 14.7 Å². The van der Waals surface area contributed by atoms with Crippen LogP contribution in [0.15, 0.2) is 18.2 Å². The Bertz CT molecular complexity index is 491. The lowest BCUT2D eigenvalue weighted by Crippen LogP contribution is -2.42. The van der Waals surface area contributed by atoms with Crippen molar-refractivity contribution in [2.75, 3.05) is 0 Å². The summed E-state index contributed by atoms with van der Waals surface area (Å²) in [6, 6.07) is 0.961. The van der Waals surface area contributed by atoms with Gasteiger partial charge in [-0.05, 0) is 33.3 Å². The van der Waals surface area contributed by atoms with Crippen molar-refractivity contribution in [2.24, 2.45) is 0 Å². The van der Waals surface area contributed by atoms with Crippen molar-refractivity contribution in [1.29, 1.82) is 0 Å². The van der Waals surface area contributed by atoms with Crippen LogP contribution in [0.4, 0.5) is 0 Å². The first-order chi connectivity index (χ1) is 8.93. The Morgan fingerprint density at radius 1 is 1.53 bits per heavy atom. The third-order valence-electron chi connectivity index (χ3n) is 2.64. The number of carboxylic acids is 1. The summed E-state index contributed by atoms with van der Waals surface area (Å²) in [7, 11) is 0. The molecule has 0 aliphatic heterocycles. The van der Waals surface area contributed by atoms with E-state index in [9.17, 15) is 9.59 Å². The average molecular weight is 265 g/mol. The van der Waals surface area contributed by atoms with Gasteiger partial charge < -0.3 is 10.4 Å². The Labute approximate surface area is 112 Å². The molecule has 1 heterocycles. The molecule has 1 rings (SSSR count). The molecule has 1 amide bonds. The molecule has 0 bridgehead atoms. The number of carbonyl (C=O) groups excluding carboxylic acids is 1. The second-order valence-electron chi connectivity index (χ2n) is 4.35. The summed E-state index contributed by atoms with van der Waals surface area (Å²) in [5, 5.41) is 15.6. The molecule has 0 fully saturated rings. The Morgan fingerprint density at radius 2 is 2.21 bits per heavy atom. The van der Waals surface area contributed by atoms with Crippen LogP contribution in [0.2, 0.25) is 0 Å². The molecule has 0 saturated heterocycles. The number of carboxylic acid groups (broad SMARTS) is 1. The molecule has 6 nitrogen and oxygen atoms in total. The van der Waals surface area contributed by atoms with Gasteiger partial charge in [0.1, 0.15) is 12.6 Å². The van der Waals surface area contributed by atoms with E-state index in [2.05, 4.69) is 10.4 Å². The lowest BCUT2D eigenvalue weighted by Gasteiger charge is -2.13. The number of aromatic nitrogens is 2. The molecule has 0 radical (unpaired) electrons. The number of amides is 1. The molecule has 6 heteroatoms. The monoisotopic (exact) mass is 265 g/mol. The number of hydrogen-bond donors (Lipinski definition) is 2. The van der Waals surface area contributed by atoms with Gasteiger partial charge in [0.25, 0.3) is 0 Å². The van der Waals surface area contributed by atoms with Gasteiger partial charge >= 0.3 is 5.97 Å². The van der Waals surface area contributed by atoms with Crippen LogP contribution in [0.1, 0.15) is 24.7 Å². The highest BCUT2D eigenvalue weighted by Gasteiger charge is 2.18. The molecule has 104 valence electrons. The first-order valence-electron chi connectivity index (χ1n) is 6.08. The van der Waals surface area contributed by atoms with Gasteiger partial charge in [-0.3, -0.25) is 9.48 Å². The highest BCUT2D eigenvalue weighted by molar-refractivity contribution is 5.83. The predicted octanol–water partition coefficient (Wildman–Crippen LogP) is 1.04. The van der Waals surface area contributed by atoms with Crippen molar-refractivity contribution in [3.8, 4) is 0 Å². The molecule has 1 atom stereocenters. The zero-order valence-corrected chi connectivity index (χ0v) is 11.4. The third-order valence-corrected chi connectivity index (χ3v) is 2.64. The first-order valence-corrected chi connectivity index (χ1v) is 6.08. The van der Waals surface area contributed by atoms with Gasteiger partial charge in [0, 0.05) is 5.69 Å². The van der Waals surface area contributed by atoms with Crippen molar-refractivity contribution in [3.63, 3.8) is 0 Å². The quantitative estimate of drug-likeness (QED) is 0.753. The smallest absolute Gasteiger partial charge is 0.326 e. The second kappa shape index (κ2) is 6.72. The maximum atomic E-state index is 11.8. The highest BCUT2D eigenvalue weighted by Crippen LogP contribution is 2.02. The number of carbonyl (C=O) groups is 2. The summed E-state index contributed by atoms with van der Waals surface area (Å²) < 4.78 is 1.55. The van der Waals surface area contributed by atoms with Gasteiger partial charge in [0.05, 0.1) is 5.69 Å². The fraction of sp³-hybridized carbons (Fsp3) is 0.462. The minimum atomic E-state index is -1.04. The average Bonchev–Trinajstić information content (AvgIpc) is 2.62. The van der Waals surface area contributed by atoms with Crippen LogP contribution < -0.4 is 5.32 Å². The van der Waals surface area contributed by atoms with E-state index < -0.39 is 12.0 Å². The molecule has 1 aromatic heterocycles. The molecule has 1 unspecified atom stereocenters. The van der Waals surface area contributed by atoms with Crippen LogP contribution in [0.3, 0.4) is 0 Å². The summed E-state index contributed by atoms with van der Waals surface area (Å²) in [6.07, 6.45) is 3.74. The zero-order valence-electron chi connectivity index (χ0n) is 11.4. The van der Waals surface area contributed by atoms with Gasteiger partial charge in [-0.15, -0.1) is 0 Å². The summed E-state index contributed by atoms with van der Waals surface area (Å²) in [6.45, 7) is 5.52. The minimum absolute atomic E-state index is 0.0271. The largest absolute Gasteiger partial charge is 0.480 e. The van der Waals surface area contributed by atoms with E-state index in [1.807, 2.05) is 19.9 Å². The van der Waals surface area contributed by atoms with Crippen molar-refractivity contribution in [2.45, 2.75) is 39.8 Å². The molecular weight excluding hydrogens is 246 g/mol. The van der Waals surface area contributed by atoms with E-state index in [1.54, 1.807) is 23.8 Å². The van der Waals surface area contributed by atoms with Crippen LogP contribution in [0.5, 0.6) is 0 Å². The number of aryl methyl sites for hydroxylation is 2. The van der Waals surface area contributed by atoms with Crippen LogP contribution in [0.25, 0.3) is 0 Å². The maximum absolute atomic E-state index is 11.8. The fourth-order valence-corrected chi connectivity index (χ4v) is 1.70. The van der Waals surface area contributed by atoms with E-state index in [1.165, 1.54) is 0 Å². The number of nitrogens with one attached hydrogen (secondary N) is 1. The van der Waals surface area contributed by atoms with Crippen molar-refractivity contribution in [1.82, 2.24) is 15.1 Å². The van der Waals surface area contributed by atoms with Gasteiger partial charge in [-0.25, -0.2) is 4.79 Å². The summed E-state index contributed by atoms with van der Waals surface area (Å²) >= 11 is 0. The topological polar surface area (TPSA) is 84.2 Å². The van der Waals surface area contributed by atoms with E-state index in [4.69, 9.17) is 5.11 Å². The molecule has 0 spiro atoms. The van der Waals surface area contributed by atoms with E-state index in [0.29, 0.717) is 0 Å². The number of rotatable bonds is 6. The van der Waals surface area contributed by atoms with Gasteiger partial charge in [0.2, 0.25) is 5.91 Å². The Kier molecular flexibility index (Phi) is 5.29. The first kappa shape index (κ1) is 14.9. The summed E-state index contributed by atoms with van der Waals surface area (Å²) in [5.41, 5.74) is 1.70. The van der Waals surface area contributed by atoms with Crippen molar-refractivity contribution >= 4 is 11.9 Å². The van der Waals surface area contributed by atoms with E-state index >= 15 is 0 Å². The lowest BCUT2D eigenvalue weighted by atomic mass is 10.2. The predicted molar refractivity (Wildman–Crippen MR) is 70.7 cm³/mol. The van der Waals surface area contributed by atoms with Crippen LogP contribution in [-0.4, -0.2) is 32.8 Å². The normalized spacial score (nSPS) is 12.6. The molecule has 1 aromatic rings. The Balaban J connectivity index is 2.62. The van der Waals surface area contributed by atoms with E-state index in [-0.39, 0.29) is 18.9 Å². The number of allylic oxidation sites excluding steroid dienone is 1. The number of nitrogens with zero attached hydrogens (tertiary/aromatic N) is 2. The summed E-state index contributed by atoms with van der Waals surface area (Å²) in [5.74, 6) is -1.40.